The summed E-state index contributed by atoms with van der Waals surface area (Å²) in [6.07, 6.45) is 12.7. The molecule has 1 aromatic rings. The lowest BCUT2D eigenvalue weighted by Crippen LogP contribution is -2.53. The fourth-order valence-corrected chi connectivity index (χ4v) is 3.74. The lowest BCUT2D eigenvalue weighted by molar-refractivity contribution is -0.0954. The minimum absolute atomic E-state index is 0.334. The van der Waals surface area contributed by atoms with Crippen LogP contribution in [0.25, 0.3) is 0 Å². The molecule has 4 nitrogen and oxygen atoms in total. The van der Waals surface area contributed by atoms with E-state index in [0.717, 1.165) is 39.0 Å². The van der Waals surface area contributed by atoms with Gasteiger partial charge < -0.3 is 14.6 Å². The fourth-order valence-electron chi connectivity index (χ4n) is 3.74. The molecule has 19 heavy (non-hydrogen) atoms. The van der Waals surface area contributed by atoms with E-state index in [1.54, 1.807) is 0 Å². The van der Waals surface area contributed by atoms with Crippen molar-refractivity contribution >= 4 is 0 Å². The molecule has 1 aliphatic heterocycles. The third-order valence-electron chi connectivity index (χ3n) is 4.96. The van der Waals surface area contributed by atoms with Gasteiger partial charge in [0.1, 0.15) is 0 Å². The van der Waals surface area contributed by atoms with Crippen molar-refractivity contribution in [2.45, 2.75) is 50.7 Å². The molecule has 4 heteroatoms. The maximum atomic E-state index is 10.6. The number of likely N-dealkylation sites (tertiary alicyclic amines) is 1. The van der Waals surface area contributed by atoms with Gasteiger partial charge >= 0.3 is 0 Å². The highest BCUT2D eigenvalue weighted by atomic mass is 16.3. The van der Waals surface area contributed by atoms with Crippen molar-refractivity contribution in [1.82, 2.24) is 14.5 Å². The van der Waals surface area contributed by atoms with Gasteiger partial charge in [0, 0.05) is 37.9 Å². The number of hydrogen-bond donors (Lipinski definition) is 1. The molecule has 0 bridgehead atoms. The van der Waals surface area contributed by atoms with Crippen LogP contribution in [0, 0.1) is 5.92 Å². The molecule has 0 spiro atoms. The van der Waals surface area contributed by atoms with Crippen molar-refractivity contribution in [1.29, 1.82) is 0 Å². The van der Waals surface area contributed by atoms with Crippen LogP contribution >= 0.6 is 0 Å². The topological polar surface area (TPSA) is 41.3 Å². The van der Waals surface area contributed by atoms with Crippen LogP contribution < -0.4 is 0 Å². The van der Waals surface area contributed by atoms with Crippen molar-refractivity contribution in [3.63, 3.8) is 0 Å². The number of aromatic nitrogens is 2. The number of piperidine rings is 1. The fraction of sp³-hybridized carbons (Fsp3) is 0.800. The molecule has 1 aromatic heterocycles. The van der Waals surface area contributed by atoms with Crippen LogP contribution in [-0.2, 0) is 6.54 Å². The molecule has 2 heterocycles. The van der Waals surface area contributed by atoms with Crippen LogP contribution in [0.5, 0.6) is 0 Å². The monoisotopic (exact) mass is 263 g/mol. The maximum Gasteiger partial charge on any atom is 0.0945 e. The summed E-state index contributed by atoms with van der Waals surface area (Å²) in [7, 11) is 0. The summed E-state index contributed by atoms with van der Waals surface area (Å²) in [5.74, 6) is 0.517. The van der Waals surface area contributed by atoms with Crippen LogP contribution in [-0.4, -0.2) is 44.8 Å². The molecule has 1 aliphatic carbocycles. The molecule has 1 N–H and O–H groups in total. The molecule has 2 fully saturated rings. The van der Waals surface area contributed by atoms with Gasteiger partial charge in [-0.1, -0.05) is 12.8 Å². The molecular formula is C15H25N3O. The van der Waals surface area contributed by atoms with E-state index in [1.807, 2.05) is 18.7 Å². The first kappa shape index (κ1) is 13.1. The molecule has 1 saturated carbocycles. The Morgan fingerprint density at radius 1 is 1.26 bits per heavy atom. The molecule has 2 aliphatic rings. The zero-order valence-electron chi connectivity index (χ0n) is 11.7. The first-order valence-electron chi connectivity index (χ1n) is 7.67. The third-order valence-corrected chi connectivity index (χ3v) is 4.96. The van der Waals surface area contributed by atoms with Crippen LogP contribution in [0.15, 0.2) is 18.7 Å². The minimum Gasteiger partial charge on any atom is -0.390 e. The van der Waals surface area contributed by atoms with Gasteiger partial charge in [-0.25, -0.2) is 4.98 Å². The summed E-state index contributed by atoms with van der Waals surface area (Å²) in [4.78, 5) is 6.61. The van der Waals surface area contributed by atoms with E-state index in [0.29, 0.717) is 5.92 Å². The Balaban J connectivity index is 1.45. The second-order valence-electron chi connectivity index (χ2n) is 6.25. The van der Waals surface area contributed by atoms with Gasteiger partial charge in [0.15, 0.2) is 0 Å². The quantitative estimate of drug-likeness (QED) is 0.902. The molecule has 1 saturated heterocycles. The number of imidazole rings is 1. The van der Waals surface area contributed by atoms with E-state index >= 15 is 0 Å². The van der Waals surface area contributed by atoms with E-state index in [9.17, 15) is 5.11 Å². The average molecular weight is 263 g/mol. The predicted molar refractivity (Wildman–Crippen MR) is 74.8 cm³/mol. The SMILES string of the molecule is OC12CCCCC1CN(CCCn1ccnc1)CC2. The van der Waals surface area contributed by atoms with Crippen molar-refractivity contribution in [2.24, 2.45) is 5.92 Å². The lowest BCUT2D eigenvalue weighted by Gasteiger charge is -2.47. The molecule has 3 rings (SSSR count). The van der Waals surface area contributed by atoms with Gasteiger partial charge in [0.05, 0.1) is 11.9 Å². The highest BCUT2D eigenvalue weighted by Crippen LogP contribution is 2.39. The van der Waals surface area contributed by atoms with E-state index in [2.05, 4.69) is 14.5 Å². The van der Waals surface area contributed by atoms with Gasteiger partial charge in [0.2, 0.25) is 0 Å². The van der Waals surface area contributed by atoms with Crippen LogP contribution in [0.4, 0.5) is 0 Å². The zero-order valence-corrected chi connectivity index (χ0v) is 11.7. The van der Waals surface area contributed by atoms with Crippen molar-refractivity contribution < 1.29 is 5.11 Å². The molecule has 106 valence electrons. The molecule has 2 unspecified atom stereocenters. The largest absolute Gasteiger partial charge is 0.390 e. The van der Waals surface area contributed by atoms with Crippen LogP contribution in [0.3, 0.4) is 0 Å². The van der Waals surface area contributed by atoms with Crippen molar-refractivity contribution in [2.75, 3.05) is 19.6 Å². The highest BCUT2D eigenvalue weighted by Gasteiger charge is 2.42. The second kappa shape index (κ2) is 5.63. The predicted octanol–water partition coefficient (Wildman–Crippen LogP) is 1.90. The van der Waals surface area contributed by atoms with Gasteiger partial charge in [-0.2, -0.15) is 0 Å². The van der Waals surface area contributed by atoms with Gasteiger partial charge in [-0.15, -0.1) is 0 Å². The van der Waals surface area contributed by atoms with Gasteiger partial charge in [-0.3, -0.25) is 0 Å². The van der Waals surface area contributed by atoms with Crippen molar-refractivity contribution in [3.05, 3.63) is 18.7 Å². The Kier molecular flexibility index (Phi) is 3.89. The molecule has 2 atom stereocenters. The molecule has 0 aromatic carbocycles. The Hall–Kier alpha value is -0.870. The van der Waals surface area contributed by atoms with E-state index < -0.39 is 0 Å². The Morgan fingerprint density at radius 3 is 3.05 bits per heavy atom. The van der Waals surface area contributed by atoms with E-state index in [4.69, 9.17) is 0 Å². The van der Waals surface area contributed by atoms with Gasteiger partial charge in [0.25, 0.3) is 0 Å². The number of aliphatic hydroxyl groups is 1. The number of rotatable bonds is 4. The Bertz CT molecular complexity index is 392. The normalized spacial score (nSPS) is 32.2. The number of aryl methyl sites for hydroxylation is 1. The van der Waals surface area contributed by atoms with Crippen molar-refractivity contribution in [3.8, 4) is 0 Å². The summed E-state index contributed by atoms with van der Waals surface area (Å²) in [6, 6.07) is 0. The summed E-state index contributed by atoms with van der Waals surface area (Å²) < 4.78 is 2.14. The van der Waals surface area contributed by atoms with E-state index in [1.165, 1.54) is 25.7 Å². The maximum absolute atomic E-state index is 10.6. The van der Waals surface area contributed by atoms with Crippen LogP contribution in [0.2, 0.25) is 0 Å². The molecule has 0 radical (unpaired) electrons. The Morgan fingerprint density at radius 2 is 2.21 bits per heavy atom. The lowest BCUT2D eigenvalue weighted by atomic mass is 9.71. The van der Waals surface area contributed by atoms with Gasteiger partial charge in [-0.05, 0) is 32.2 Å². The molecule has 0 amide bonds. The third kappa shape index (κ3) is 3.00. The van der Waals surface area contributed by atoms with E-state index in [-0.39, 0.29) is 5.60 Å². The summed E-state index contributed by atoms with van der Waals surface area (Å²) in [6.45, 7) is 4.35. The number of hydrogen-bond acceptors (Lipinski definition) is 3. The second-order valence-corrected chi connectivity index (χ2v) is 6.25. The highest BCUT2D eigenvalue weighted by molar-refractivity contribution is 4.95. The molecular weight excluding hydrogens is 238 g/mol. The summed E-state index contributed by atoms with van der Waals surface area (Å²) in [5.41, 5.74) is -0.334. The average Bonchev–Trinajstić information content (AvgIpc) is 2.92. The Labute approximate surface area is 115 Å². The van der Waals surface area contributed by atoms with Crippen LogP contribution in [0.1, 0.15) is 38.5 Å². The standard InChI is InChI=1S/C15H25N3O/c19-15-5-2-1-4-14(15)12-17(10-6-15)8-3-9-18-11-7-16-13-18/h7,11,13-14,19H,1-6,8-10,12H2. The summed E-state index contributed by atoms with van der Waals surface area (Å²) in [5, 5.41) is 10.6. The first-order chi connectivity index (χ1) is 9.26. The summed E-state index contributed by atoms with van der Waals surface area (Å²) >= 11 is 0. The first-order valence-corrected chi connectivity index (χ1v) is 7.67. The number of nitrogens with zero attached hydrogens (tertiary/aromatic N) is 3. The zero-order chi connectivity index (χ0) is 13.1. The smallest absolute Gasteiger partial charge is 0.0945 e. The minimum atomic E-state index is -0.334. The number of fused-ring (bicyclic) bond motifs is 1.